The summed E-state index contributed by atoms with van der Waals surface area (Å²) in [5.74, 6) is -0.459. The molecule has 31 heavy (non-hydrogen) atoms. The maximum Gasteiger partial charge on any atom is 0.308 e. The van der Waals surface area contributed by atoms with Crippen LogP contribution in [0, 0.1) is 17.3 Å². The summed E-state index contributed by atoms with van der Waals surface area (Å²) in [6, 6.07) is 5.30. The molecule has 3 aliphatic rings. The van der Waals surface area contributed by atoms with Crippen LogP contribution in [-0.4, -0.2) is 35.9 Å². The molecule has 0 heterocycles. The van der Waals surface area contributed by atoms with Crippen LogP contribution in [0.4, 0.5) is 0 Å². The Morgan fingerprint density at radius 3 is 2.39 bits per heavy atom. The first-order valence-electron chi connectivity index (χ1n) is 10.8. The standard InChI is InChI=1S/C24H28O7/c1-12(25)29-15-5-6-16-17-7-8-24(4)20(18(17)10-21(28)19(16)9-15)11-22(30-13(2)26)23(24)31-14(3)27/h5-6,9,17-18,20,22-23H,7-8,10-11H2,1-4H3/t17-,18+,20+,22+,23-,24-/m0/s1. The van der Waals surface area contributed by atoms with Crippen LogP contribution in [0.5, 0.6) is 5.75 Å². The van der Waals surface area contributed by atoms with E-state index < -0.39 is 30.1 Å². The second-order valence-corrected chi connectivity index (χ2v) is 9.30. The molecule has 0 aliphatic heterocycles. The van der Waals surface area contributed by atoms with Gasteiger partial charge in [-0.15, -0.1) is 0 Å². The maximum atomic E-state index is 13.1. The summed E-state index contributed by atoms with van der Waals surface area (Å²) in [4.78, 5) is 47.9. The van der Waals surface area contributed by atoms with E-state index in [0.29, 0.717) is 24.2 Å². The number of fused-ring (bicyclic) bond motifs is 5. The van der Waals surface area contributed by atoms with E-state index >= 15 is 0 Å². The summed E-state index contributed by atoms with van der Waals surface area (Å²) in [6.07, 6.45) is 1.58. The van der Waals surface area contributed by atoms with Crippen LogP contribution in [0.15, 0.2) is 18.2 Å². The monoisotopic (exact) mass is 428 g/mol. The lowest BCUT2D eigenvalue weighted by Gasteiger charge is -2.49. The maximum absolute atomic E-state index is 13.1. The topological polar surface area (TPSA) is 96.0 Å². The SMILES string of the molecule is CC(=O)Oc1ccc2c(c1)C(=O)C[C@H]1[C@H]3C[C@@H](OC(C)=O)[C@H](OC(C)=O)[C@@]3(C)CC[C@@H]21. The average molecular weight is 428 g/mol. The van der Waals surface area contributed by atoms with Crippen LogP contribution in [0.3, 0.4) is 0 Å². The van der Waals surface area contributed by atoms with Gasteiger partial charge >= 0.3 is 17.9 Å². The van der Waals surface area contributed by atoms with Gasteiger partial charge in [-0.1, -0.05) is 13.0 Å². The van der Waals surface area contributed by atoms with Crippen molar-refractivity contribution in [2.24, 2.45) is 17.3 Å². The van der Waals surface area contributed by atoms with E-state index in [4.69, 9.17) is 14.2 Å². The zero-order chi connectivity index (χ0) is 22.5. The van der Waals surface area contributed by atoms with Gasteiger partial charge in [-0.25, -0.2) is 0 Å². The first kappa shape index (κ1) is 21.5. The molecule has 7 nitrogen and oxygen atoms in total. The molecule has 2 saturated carbocycles. The Morgan fingerprint density at radius 1 is 1.03 bits per heavy atom. The molecule has 1 aromatic carbocycles. The van der Waals surface area contributed by atoms with E-state index in [9.17, 15) is 19.2 Å². The number of benzene rings is 1. The van der Waals surface area contributed by atoms with Crippen LogP contribution < -0.4 is 4.74 Å². The lowest BCUT2D eigenvalue weighted by atomic mass is 9.55. The van der Waals surface area contributed by atoms with Crippen LogP contribution >= 0.6 is 0 Å². The Bertz CT molecular complexity index is 951. The smallest absolute Gasteiger partial charge is 0.308 e. The van der Waals surface area contributed by atoms with Crippen molar-refractivity contribution >= 4 is 23.7 Å². The van der Waals surface area contributed by atoms with Gasteiger partial charge < -0.3 is 14.2 Å². The number of hydrogen-bond donors (Lipinski definition) is 0. The molecule has 0 N–H and O–H groups in total. The van der Waals surface area contributed by atoms with E-state index in [1.165, 1.54) is 20.8 Å². The van der Waals surface area contributed by atoms with Crippen LogP contribution in [0.25, 0.3) is 0 Å². The van der Waals surface area contributed by atoms with E-state index in [0.717, 1.165) is 18.4 Å². The largest absolute Gasteiger partial charge is 0.459 e. The van der Waals surface area contributed by atoms with Crippen molar-refractivity contribution in [3.8, 4) is 5.75 Å². The van der Waals surface area contributed by atoms with E-state index in [2.05, 4.69) is 6.92 Å². The van der Waals surface area contributed by atoms with Gasteiger partial charge in [0.15, 0.2) is 5.78 Å². The van der Waals surface area contributed by atoms with Gasteiger partial charge in [-0.05, 0) is 54.7 Å². The van der Waals surface area contributed by atoms with E-state index in [1.807, 2.05) is 6.07 Å². The predicted molar refractivity (Wildman–Crippen MR) is 109 cm³/mol. The van der Waals surface area contributed by atoms with Crippen molar-refractivity contribution < 1.29 is 33.4 Å². The second-order valence-electron chi connectivity index (χ2n) is 9.30. The summed E-state index contributed by atoms with van der Waals surface area (Å²) in [5.41, 5.74) is 1.25. The minimum atomic E-state index is -0.511. The molecule has 0 saturated heterocycles. The molecule has 0 radical (unpaired) electrons. The Kier molecular flexibility index (Phi) is 5.40. The van der Waals surface area contributed by atoms with Gasteiger partial charge in [0, 0.05) is 38.2 Å². The van der Waals surface area contributed by atoms with Crippen molar-refractivity contribution in [2.75, 3.05) is 0 Å². The van der Waals surface area contributed by atoms with E-state index in [1.54, 1.807) is 12.1 Å². The number of esters is 3. The van der Waals surface area contributed by atoms with Gasteiger partial charge in [0.25, 0.3) is 0 Å². The molecule has 4 rings (SSSR count). The Balaban J connectivity index is 1.67. The fourth-order valence-corrected chi connectivity index (χ4v) is 6.27. The van der Waals surface area contributed by atoms with Gasteiger partial charge in [0.2, 0.25) is 0 Å². The van der Waals surface area contributed by atoms with Gasteiger partial charge in [-0.2, -0.15) is 0 Å². The quantitative estimate of drug-likeness (QED) is 0.536. The molecule has 0 amide bonds. The predicted octanol–water partition coefficient (Wildman–Crippen LogP) is 3.58. The van der Waals surface area contributed by atoms with Crippen LogP contribution in [0.2, 0.25) is 0 Å². The normalized spacial score (nSPS) is 33.5. The Morgan fingerprint density at radius 2 is 1.74 bits per heavy atom. The fourth-order valence-electron chi connectivity index (χ4n) is 6.27. The fraction of sp³-hybridized carbons (Fsp3) is 0.583. The number of ether oxygens (including phenoxy) is 3. The van der Waals surface area contributed by atoms with Gasteiger partial charge in [-0.3, -0.25) is 19.2 Å². The summed E-state index contributed by atoms with van der Waals surface area (Å²) in [6.45, 7) is 6.15. The molecule has 0 spiro atoms. The van der Waals surface area contributed by atoms with Gasteiger partial charge in [0.1, 0.15) is 18.0 Å². The Hall–Kier alpha value is -2.70. The van der Waals surface area contributed by atoms with Crippen LogP contribution in [-0.2, 0) is 23.9 Å². The lowest BCUT2D eigenvalue weighted by molar-refractivity contribution is -0.171. The first-order chi connectivity index (χ1) is 14.6. The summed E-state index contributed by atoms with van der Waals surface area (Å²) in [5, 5.41) is 0. The van der Waals surface area contributed by atoms with Crippen LogP contribution in [0.1, 0.15) is 75.2 Å². The van der Waals surface area contributed by atoms with Crippen molar-refractivity contribution in [1.82, 2.24) is 0 Å². The molecule has 6 atom stereocenters. The highest BCUT2D eigenvalue weighted by atomic mass is 16.6. The van der Waals surface area contributed by atoms with Crippen molar-refractivity contribution in [3.63, 3.8) is 0 Å². The highest BCUT2D eigenvalue weighted by Gasteiger charge is 2.61. The molecule has 2 fully saturated rings. The summed E-state index contributed by atoms with van der Waals surface area (Å²) < 4.78 is 16.4. The third-order valence-corrected chi connectivity index (χ3v) is 7.37. The number of carbonyl (C=O) groups excluding carboxylic acids is 4. The first-order valence-corrected chi connectivity index (χ1v) is 10.8. The minimum absolute atomic E-state index is 0.0227. The molecule has 0 aromatic heterocycles. The number of hydrogen-bond acceptors (Lipinski definition) is 7. The Labute approximate surface area is 181 Å². The zero-order valence-electron chi connectivity index (χ0n) is 18.3. The zero-order valence-corrected chi connectivity index (χ0v) is 18.3. The molecular formula is C24H28O7. The second kappa shape index (κ2) is 7.77. The molecule has 7 heteroatoms. The summed E-state index contributed by atoms with van der Waals surface area (Å²) >= 11 is 0. The van der Waals surface area contributed by atoms with Crippen molar-refractivity contribution in [3.05, 3.63) is 29.3 Å². The third-order valence-electron chi connectivity index (χ3n) is 7.37. The molecule has 0 bridgehead atoms. The van der Waals surface area contributed by atoms with Crippen molar-refractivity contribution in [1.29, 1.82) is 0 Å². The number of Topliss-reactive ketones (excluding diaryl/α,β-unsaturated/α-hetero) is 1. The van der Waals surface area contributed by atoms with Gasteiger partial charge in [0.05, 0.1) is 0 Å². The minimum Gasteiger partial charge on any atom is -0.459 e. The molecule has 3 aliphatic carbocycles. The molecule has 1 aromatic rings. The average Bonchev–Trinajstić information content (AvgIpc) is 2.93. The van der Waals surface area contributed by atoms with Crippen molar-refractivity contribution in [2.45, 2.75) is 71.5 Å². The molecule has 0 unspecified atom stereocenters. The summed E-state index contributed by atoms with van der Waals surface area (Å²) in [7, 11) is 0. The lowest BCUT2D eigenvalue weighted by Crippen LogP contribution is -2.47. The third kappa shape index (κ3) is 3.75. The molecular weight excluding hydrogens is 400 g/mol. The highest BCUT2D eigenvalue weighted by Crippen LogP contribution is 2.62. The number of carbonyl (C=O) groups is 4. The van der Waals surface area contributed by atoms with E-state index in [-0.39, 0.29) is 29.0 Å². The highest BCUT2D eigenvalue weighted by molar-refractivity contribution is 5.99. The number of rotatable bonds is 3. The molecule has 166 valence electrons. The number of ketones is 1.